The maximum Gasteiger partial charge on any atom is 0.131 e. The molecule has 0 spiro atoms. The lowest BCUT2D eigenvalue weighted by molar-refractivity contribution is 0.630. The summed E-state index contributed by atoms with van der Waals surface area (Å²) in [5.74, 6) is 0.905. The van der Waals surface area contributed by atoms with E-state index >= 15 is 0 Å². The summed E-state index contributed by atoms with van der Waals surface area (Å²) in [4.78, 5) is 6.87. The van der Waals surface area contributed by atoms with Crippen molar-refractivity contribution in [2.45, 2.75) is 26.3 Å². The fourth-order valence-corrected chi connectivity index (χ4v) is 1.01. The van der Waals surface area contributed by atoms with E-state index in [1.807, 2.05) is 0 Å². The van der Waals surface area contributed by atoms with Gasteiger partial charge in [-0.25, -0.2) is 4.98 Å². The molecular formula is C8H13N3S. The molecule has 0 fully saturated rings. The Kier molecular flexibility index (Phi) is 2.47. The number of nitrogens with zero attached hydrogens (tertiary/aromatic N) is 1. The summed E-state index contributed by atoms with van der Waals surface area (Å²) >= 11 is 4.92. The van der Waals surface area contributed by atoms with E-state index in [1.165, 1.54) is 0 Å². The summed E-state index contributed by atoms with van der Waals surface area (Å²) in [7, 11) is 0. The van der Waals surface area contributed by atoms with E-state index in [0.29, 0.717) is 4.64 Å². The first-order valence-electron chi connectivity index (χ1n) is 3.80. The van der Waals surface area contributed by atoms with Crippen LogP contribution in [0.5, 0.6) is 0 Å². The molecule has 1 rings (SSSR count). The summed E-state index contributed by atoms with van der Waals surface area (Å²) in [5.41, 5.74) is 0.0413. The Hall–Kier alpha value is -0.900. The van der Waals surface area contributed by atoms with E-state index in [9.17, 15) is 0 Å². The highest BCUT2D eigenvalue weighted by Gasteiger charge is 2.08. The Morgan fingerprint density at radius 1 is 1.50 bits per heavy atom. The lowest BCUT2D eigenvalue weighted by Crippen LogP contribution is -2.26. The van der Waals surface area contributed by atoms with Gasteiger partial charge < -0.3 is 10.3 Å². The molecule has 12 heavy (non-hydrogen) atoms. The molecule has 4 heteroatoms. The van der Waals surface area contributed by atoms with Crippen LogP contribution in [-0.4, -0.2) is 15.5 Å². The van der Waals surface area contributed by atoms with Crippen LogP contribution in [0, 0.1) is 4.64 Å². The normalized spacial score (nSPS) is 11.2. The molecule has 1 aromatic heterocycles. The van der Waals surface area contributed by atoms with Gasteiger partial charge in [-0.3, -0.25) is 0 Å². The second-order valence-corrected chi connectivity index (χ2v) is 4.09. The Morgan fingerprint density at radius 3 is 2.67 bits per heavy atom. The van der Waals surface area contributed by atoms with Crippen LogP contribution in [0.15, 0.2) is 12.4 Å². The number of hydrogen-bond donors (Lipinski definition) is 2. The highest BCUT2D eigenvalue weighted by atomic mass is 32.1. The summed E-state index contributed by atoms with van der Waals surface area (Å²) < 4.78 is 0.598. The highest BCUT2D eigenvalue weighted by molar-refractivity contribution is 7.71. The molecule has 0 amide bonds. The fourth-order valence-electron chi connectivity index (χ4n) is 0.844. The van der Waals surface area contributed by atoms with Crippen molar-refractivity contribution in [3.8, 4) is 0 Å². The maximum absolute atomic E-state index is 4.92. The average Bonchev–Trinajstić information content (AvgIpc) is 1.82. The second-order valence-electron chi connectivity index (χ2n) is 3.67. The van der Waals surface area contributed by atoms with Gasteiger partial charge in [0.05, 0.1) is 6.33 Å². The van der Waals surface area contributed by atoms with Crippen LogP contribution in [0.2, 0.25) is 0 Å². The molecule has 0 radical (unpaired) electrons. The topological polar surface area (TPSA) is 40.7 Å². The van der Waals surface area contributed by atoms with Crippen LogP contribution >= 0.6 is 12.2 Å². The van der Waals surface area contributed by atoms with Crippen molar-refractivity contribution < 1.29 is 0 Å². The standard InChI is InChI=1S/C8H13N3S/c1-8(2,3)11-6-4-7(12)10-5-9-6/h4-5H,1-3H3,(H2,9,10,11,12). The SMILES string of the molecule is CC(C)(C)Nc1cc(=S)nc[nH]1. The molecule has 0 saturated carbocycles. The van der Waals surface area contributed by atoms with Crippen LogP contribution in [0.25, 0.3) is 0 Å². The largest absolute Gasteiger partial charge is 0.367 e. The summed E-state index contributed by atoms with van der Waals surface area (Å²) in [6.07, 6.45) is 1.59. The number of nitrogens with one attached hydrogen (secondary N) is 2. The molecule has 1 aromatic rings. The minimum Gasteiger partial charge on any atom is -0.367 e. The Balaban J connectivity index is 2.84. The average molecular weight is 183 g/mol. The van der Waals surface area contributed by atoms with Crippen molar-refractivity contribution in [1.82, 2.24) is 9.97 Å². The second kappa shape index (κ2) is 3.23. The van der Waals surface area contributed by atoms with E-state index in [1.54, 1.807) is 12.4 Å². The van der Waals surface area contributed by atoms with Crippen molar-refractivity contribution in [3.05, 3.63) is 17.0 Å². The molecule has 0 saturated heterocycles. The van der Waals surface area contributed by atoms with E-state index < -0.39 is 0 Å². The van der Waals surface area contributed by atoms with Gasteiger partial charge in [0.25, 0.3) is 0 Å². The van der Waals surface area contributed by atoms with Gasteiger partial charge in [-0.15, -0.1) is 0 Å². The van der Waals surface area contributed by atoms with Gasteiger partial charge in [0.15, 0.2) is 0 Å². The third-order valence-corrected chi connectivity index (χ3v) is 1.41. The van der Waals surface area contributed by atoms with Crippen LogP contribution < -0.4 is 5.32 Å². The highest BCUT2D eigenvalue weighted by Crippen LogP contribution is 2.09. The zero-order chi connectivity index (χ0) is 9.19. The monoisotopic (exact) mass is 183 g/mol. The summed E-state index contributed by atoms with van der Waals surface area (Å²) in [6.45, 7) is 6.26. The molecule has 0 aliphatic heterocycles. The first-order chi connectivity index (χ1) is 5.47. The van der Waals surface area contributed by atoms with Gasteiger partial charge >= 0.3 is 0 Å². The molecule has 0 aliphatic rings. The van der Waals surface area contributed by atoms with Crippen molar-refractivity contribution >= 4 is 18.0 Å². The van der Waals surface area contributed by atoms with Crippen LogP contribution in [-0.2, 0) is 0 Å². The zero-order valence-electron chi connectivity index (χ0n) is 7.51. The zero-order valence-corrected chi connectivity index (χ0v) is 8.33. The van der Waals surface area contributed by atoms with E-state index in [2.05, 4.69) is 36.1 Å². The number of aromatic amines is 1. The number of aromatic nitrogens is 2. The van der Waals surface area contributed by atoms with Crippen molar-refractivity contribution in [3.63, 3.8) is 0 Å². The summed E-state index contributed by atoms with van der Waals surface area (Å²) in [6, 6.07) is 1.81. The van der Waals surface area contributed by atoms with Gasteiger partial charge in [0.1, 0.15) is 10.5 Å². The van der Waals surface area contributed by atoms with Crippen LogP contribution in [0.3, 0.4) is 0 Å². The van der Waals surface area contributed by atoms with Crippen molar-refractivity contribution in [1.29, 1.82) is 0 Å². The molecule has 0 atom stereocenters. The molecule has 3 nitrogen and oxygen atoms in total. The first-order valence-corrected chi connectivity index (χ1v) is 4.21. The van der Waals surface area contributed by atoms with E-state index in [-0.39, 0.29) is 5.54 Å². The van der Waals surface area contributed by atoms with Gasteiger partial charge in [-0.05, 0) is 20.8 Å². The van der Waals surface area contributed by atoms with Gasteiger partial charge in [-0.2, -0.15) is 0 Å². The first kappa shape index (κ1) is 9.19. The summed E-state index contributed by atoms with van der Waals surface area (Å²) in [5, 5.41) is 3.26. The van der Waals surface area contributed by atoms with Crippen molar-refractivity contribution in [2.24, 2.45) is 0 Å². The third kappa shape index (κ3) is 3.00. The molecule has 0 aromatic carbocycles. The molecule has 0 bridgehead atoms. The maximum atomic E-state index is 4.92. The van der Waals surface area contributed by atoms with Crippen LogP contribution in [0.4, 0.5) is 5.82 Å². The lowest BCUT2D eigenvalue weighted by atomic mass is 10.1. The predicted octanol–water partition coefficient (Wildman–Crippen LogP) is 2.35. The van der Waals surface area contributed by atoms with Gasteiger partial charge in [0.2, 0.25) is 0 Å². The predicted molar refractivity (Wildman–Crippen MR) is 52.8 cm³/mol. The minimum absolute atomic E-state index is 0.0413. The Bertz CT molecular complexity index is 311. The molecule has 66 valence electrons. The van der Waals surface area contributed by atoms with Crippen LogP contribution in [0.1, 0.15) is 20.8 Å². The molecule has 0 unspecified atom stereocenters. The Morgan fingerprint density at radius 2 is 2.17 bits per heavy atom. The van der Waals surface area contributed by atoms with E-state index in [4.69, 9.17) is 12.2 Å². The number of anilines is 1. The fraction of sp³-hybridized carbons (Fsp3) is 0.500. The molecule has 2 N–H and O–H groups in total. The number of hydrogen-bond acceptors (Lipinski definition) is 3. The van der Waals surface area contributed by atoms with E-state index in [0.717, 1.165) is 5.82 Å². The van der Waals surface area contributed by atoms with Crippen molar-refractivity contribution in [2.75, 3.05) is 5.32 Å². The number of rotatable bonds is 1. The molecular weight excluding hydrogens is 170 g/mol. The number of H-pyrrole nitrogens is 1. The van der Waals surface area contributed by atoms with Gasteiger partial charge in [0, 0.05) is 11.6 Å². The minimum atomic E-state index is 0.0413. The lowest BCUT2D eigenvalue weighted by Gasteiger charge is -2.21. The Labute approximate surface area is 77.2 Å². The molecule has 1 heterocycles. The quantitative estimate of drug-likeness (QED) is 0.657. The third-order valence-electron chi connectivity index (χ3n) is 1.19. The molecule has 0 aliphatic carbocycles. The van der Waals surface area contributed by atoms with Gasteiger partial charge in [-0.1, -0.05) is 12.2 Å². The smallest absolute Gasteiger partial charge is 0.131 e.